The predicted molar refractivity (Wildman–Crippen MR) is 66.5 cm³/mol. The highest BCUT2D eigenvalue weighted by Gasteiger charge is 2.21. The second-order valence-electron chi connectivity index (χ2n) is 4.41. The van der Waals surface area contributed by atoms with Crippen molar-refractivity contribution in [2.75, 3.05) is 6.54 Å². The molecule has 7 heteroatoms. The van der Waals surface area contributed by atoms with Crippen LogP contribution < -0.4 is 5.32 Å². The number of carbonyl (C=O) groups is 1. The van der Waals surface area contributed by atoms with Crippen molar-refractivity contribution >= 4 is 5.91 Å². The zero-order chi connectivity index (χ0) is 15.3. The van der Waals surface area contributed by atoms with Gasteiger partial charge in [-0.25, -0.2) is 8.78 Å². The number of benzene rings is 1. The third kappa shape index (κ3) is 4.22. The molecule has 112 valence electrons. The second kappa shape index (κ2) is 7.28. The van der Waals surface area contributed by atoms with Crippen LogP contribution in [0.5, 0.6) is 0 Å². The lowest BCUT2D eigenvalue weighted by Gasteiger charge is -2.19. The van der Waals surface area contributed by atoms with E-state index < -0.39 is 36.0 Å². The molecule has 1 amide bonds. The van der Waals surface area contributed by atoms with E-state index in [4.69, 9.17) is 5.11 Å². The van der Waals surface area contributed by atoms with Gasteiger partial charge in [0.15, 0.2) is 0 Å². The molecule has 1 aromatic carbocycles. The molecular weight excluding hydrogens is 272 g/mol. The van der Waals surface area contributed by atoms with E-state index in [1.807, 2.05) is 0 Å². The molecule has 0 aliphatic heterocycles. The lowest BCUT2D eigenvalue weighted by atomic mass is 10.00. The standard InChI is InChI=1S/C13H17F2NO4/c1-7(18)16-3-2-12(19)13(20)8-4-10(14)9(6-17)11(15)5-8/h4-5,12-13,17,19-20H,2-3,6H2,1H3,(H,16,18). The lowest BCUT2D eigenvalue weighted by molar-refractivity contribution is -0.119. The average molecular weight is 289 g/mol. The minimum absolute atomic E-state index is 0.0335. The molecule has 0 aliphatic rings. The Labute approximate surface area is 114 Å². The summed E-state index contributed by atoms with van der Waals surface area (Å²) in [5.41, 5.74) is -0.624. The van der Waals surface area contributed by atoms with Crippen LogP contribution in [0.15, 0.2) is 12.1 Å². The quantitative estimate of drug-likeness (QED) is 0.609. The summed E-state index contributed by atoms with van der Waals surface area (Å²) in [6.45, 7) is 0.646. The van der Waals surface area contributed by atoms with Crippen molar-refractivity contribution in [3.63, 3.8) is 0 Å². The number of aliphatic hydroxyl groups is 3. The van der Waals surface area contributed by atoms with Crippen molar-refractivity contribution in [1.29, 1.82) is 0 Å². The predicted octanol–water partition coefficient (Wildman–Crippen LogP) is 0.378. The van der Waals surface area contributed by atoms with E-state index in [1.165, 1.54) is 6.92 Å². The van der Waals surface area contributed by atoms with E-state index >= 15 is 0 Å². The fourth-order valence-electron chi connectivity index (χ4n) is 1.72. The van der Waals surface area contributed by atoms with Gasteiger partial charge in [-0.3, -0.25) is 4.79 Å². The summed E-state index contributed by atoms with van der Waals surface area (Å²) in [5.74, 6) is -2.26. The van der Waals surface area contributed by atoms with E-state index in [0.29, 0.717) is 0 Å². The van der Waals surface area contributed by atoms with Crippen LogP contribution in [-0.4, -0.2) is 33.9 Å². The van der Waals surface area contributed by atoms with Crippen LogP contribution in [-0.2, 0) is 11.4 Å². The van der Waals surface area contributed by atoms with Crippen molar-refractivity contribution < 1.29 is 28.9 Å². The van der Waals surface area contributed by atoms with Gasteiger partial charge < -0.3 is 20.6 Å². The van der Waals surface area contributed by atoms with Crippen LogP contribution in [0.4, 0.5) is 8.78 Å². The third-order valence-electron chi connectivity index (χ3n) is 2.84. The van der Waals surface area contributed by atoms with Crippen molar-refractivity contribution in [2.24, 2.45) is 0 Å². The highest BCUT2D eigenvalue weighted by atomic mass is 19.1. The smallest absolute Gasteiger partial charge is 0.216 e. The van der Waals surface area contributed by atoms with E-state index in [1.54, 1.807) is 0 Å². The SMILES string of the molecule is CC(=O)NCCC(O)C(O)c1cc(F)c(CO)c(F)c1. The van der Waals surface area contributed by atoms with Gasteiger partial charge in [0, 0.05) is 19.0 Å². The third-order valence-corrected chi connectivity index (χ3v) is 2.84. The molecule has 0 fully saturated rings. The number of halogens is 2. The molecule has 0 aliphatic carbocycles. The molecule has 1 rings (SSSR count). The fraction of sp³-hybridized carbons (Fsp3) is 0.462. The molecule has 2 unspecified atom stereocenters. The monoisotopic (exact) mass is 289 g/mol. The highest BCUT2D eigenvalue weighted by Crippen LogP contribution is 2.23. The van der Waals surface area contributed by atoms with Crippen LogP contribution in [0.25, 0.3) is 0 Å². The number of hydrogen-bond acceptors (Lipinski definition) is 4. The Kier molecular flexibility index (Phi) is 6.00. The molecule has 0 heterocycles. The van der Waals surface area contributed by atoms with Crippen LogP contribution in [0, 0.1) is 11.6 Å². The van der Waals surface area contributed by atoms with Crippen molar-refractivity contribution in [2.45, 2.75) is 32.2 Å². The van der Waals surface area contributed by atoms with E-state index in [2.05, 4.69) is 5.32 Å². The Morgan fingerprint density at radius 3 is 2.30 bits per heavy atom. The normalized spacial score (nSPS) is 13.9. The first-order valence-electron chi connectivity index (χ1n) is 6.06. The van der Waals surface area contributed by atoms with Crippen molar-refractivity contribution in [3.05, 3.63) is 34.9 Å². The Morgan fingerprint density at radius 1 is 1.30 bits per heavy atom. The Morgan fingerprint density at radius 2 is 1.85 bits per heavy atom. The summed E-state index contributed by atoms with van der Waals surface area (Å²) < 4.78 is 26.9. The molecule has 1 aromatic rings. The molecule has 4 N–H and O–H groups in total. The zero-order valence-corrected chi connectivity index (χ0v) is 10.9. The van der Waals surface area contributed by atoms with Crippen molar-refractivity contribution in [3.8, 4) is 0 Å². The summed E-state index contributed by atoms with van der Waals surface area (Å²) in [6, 6.07) is 1.72. The number of aliphatic hydroxyl groups excluding tert-OH is 3. The Hall–Kier alpha value is -1.57. The van der Waals surface area contributed by atoms with Gasteiger partial charge in [0.25, 0.3) is 0 Å². The molecule has 0 aromatic heterocycles. The van der Waals surface area contributed by atoms with E-state index in [0.717, 1.165) is 12.1 Å². The fourth-order valence-corrected chi connectivity index (χ4v) is 1.72. The van der Waals surface area contributed by atoms with Crippen LogP contribution in [0.3, 0.4) is 0 Å². The molecule has 0 bridgehead atoms. The first-order valence-corrected chi connectivity index (χ1v) is 6.06. The minimum Gasteiger partial charge on any atom is -0.391 e. The summed E-state index contributed by atoms with van der Waals surface area (Å²) in [6.07, 6.45) is -2.73. The van der Waals surface area contributed by atoms with Gasteiger partial charge in [-0.05, 0) is 24.1 Å². The number of rotatable bonds is 6. The molecule has 5 nitrogen and oxygen atoms in total. The summed E-state index contributed by atoms with van der Waals surface area (Å²) >= 11 is 0. The van der Waals surface area contributed by atoms with Gasteiger partial charge in [0.05, 0.1) is 12.7 Å². The molecule has 0 saturated carbocycles. The molecule has 20 heavy (non-hydrogen) atoms. The van der Waals surface area contributed by atoms with Gasteiger partial charge in [0.2, 0.25) is 5.91 Å². The summed E-state index contributed by atoms with van der Waals surface area (Å²) in [4.78, 5) is 10.6. The zero-order valence-electron chi connectivity index (χ0n) is 10.9. The van der Waals surface area contributed by atoms with Crippen LogP contribution in [0.1, 0.15) is 30.6 Å². The molecule has 0 saturated heterocycles. The van der Waals surface area contributed by atoms with Crippen LogP contribution >= 0.6 is 0 Å². The van der Waals surface area contributed by atoms with E-state index in [9.17, 15) is 23.8 Å². The molecule has 2 atom stereocenters. The summed E-state index contributed by atoms with van der Waals surface area (Å²) in [7, 11) is 0. The van der Waals surface area contributed by atoms with Crippen LogP contribution in [0.2, 0.25) is 0 Å². The highest BCUT2D eigenvalue weighted by molar-refractivity contribution is 5.72. The average Bonchev–Trinajstić information content (AvgIpc) is 2.36. The van der Waals surface area contributed by atoms with Gasteiger partial charge in [-0.2, -0.15) is 0 Å². The maximum Gasteiger partial charge on any atom is 0.216 e. The first kappa shape index (κ1) is 16.5. The first-order chi connectivity index (χ1) is 9.36. The van der Waals surface area contributed by atoms with Gasteiger partial charge in [-0.15, -0.1) is 0 Å². The topological polar surface area (TPSA) is 89.8 Å². The van der Waals surface area contributed by atoms with Gasteiger partial charge >= 0.3 is 0 Å². The number of nitrogens with one attached hydrogen (secondary N) is 1. The second-order valence-corrected chi connectivity index (χ2v) is 4.41. The molecule has 0 spiro atoms. The number of hydrogen-bond donors (Lipinski definition) is 4. The maximum absolute atomic E-state index is 13.4. The van der Waals surface area contributed by atoms with E-state index in [-0.39, 0.29) is 24.4 Å². The van der Waals surface area contributed by atoms with Gasteiger partial charge in [-0.1, -0.05) is 0 Å². The Balaban J connectivity index is 2.76. The molecular formula is C13H17F2NO4. The molecule has 0 radical (unpaired) electrons. The largest absolute Gasteiger partial charge is 0.391 e. The minimum atomic E-state index is -1.49. The number of carbonyl (C=O) groups excluding carboxylic acids is 1. The number of amides is 1. The summed E-state index contributed by atoms with van der Waals surface area (Å²) in [5, 5.41) is 30.7. The lowest BCUT2D eigenvalue weighted by Crippen LogP contribution is -2.27. The van der Waals surface area contributed by atoms with Crippen molar-refractivity contribution in [1.82, 2.24) is 5.32 Å². The Bertz CT molecular complexity index is 458. The maximum atomic E-state index is 13.4. The van der Waals surface area contributed by atoms with Gasteiger partial charge in [0.1, 0.15) is 17.7 Å².